The highest BCUT2D eigenvalue weighted by Crippen LogP contribution is 2.07. The molecule has 35 heavy (non-hydrogen) atoms. The van der Waals surface area contributed by atoms with Crippen LogP contribution in [0.1, 0.15) is 58.8 Å². The second-order valence-electron chi connectivity index (χ2n) is 8.65. The van der Waals surface area contributed by atoms with Crippen LogP contribution in [0.5, 0.6) is 0 Å². The highest BCUT2D eigenvalue weighted by molar-refractivity contribution is 5.94. The van der Waals surface area contributed by atoms with E-state index in [-0.39, 0.29) is 25.2 Å². The predicted octanol–water partition coefficient (Wildman–Crippen LogP) is -2.23. The Kier molecular flexibility index (Phi) is 14.9. The lowest BCUT2D eigenvalue weighted by atomic mass is 10.0. The van der Waals surface area contributed by atoms with E-state index < -0.39 is 66.2 Å². The van der Waals surface area contributed by atoms with Gasteiger partial charge >= 0.3 is 11.9 Å². The number of amides is 4. The fourth-order valence-corrected chi connectivity index (χ4v) is 3.13. The number of unbranched alkanes of at least 4 members (excludes halogenated alkanes) is 1. The summed E-state index contributed by atoms with van der Waals surface area (Å²) in [6.45, 7) is 4.13. The summed E-state index contributed by atoms with van der Waals surface area (Å²) >= 11 is 0. The number of hydrogen-bond donors (Lipinski definition) is 8. The van der Waals surface area contributed by atoms with E-state index in [2.05, 4.69) is 10.6 Å². The maximum absolute atomic E-state index is 13.0. The van der Waals surface area contributed by atoms with Gasteiger partial charge in [-0.2, -0.15) is 0 Å². The van der Waals surface area contributed by atoms with Crippen molar-refractivity contribution in [2.45, 2.75) is 83.0 Å². The highest BCUT2D eigenvalue weighted by Gasteiger charge is 2.31. The molecule has 14 nitrogen and oxygen atoms in total. The van der Waals surface area contributed by atoms with Crippen LogP contribution in [-0.2, 0) is 28.8 Å². The molecule has 0 aromatic heterocycles. The van der Waals surface area contributed by atoms with E-state index in [4.69, 9.17) is 27.4 Å². The maximum atomic E-state index is 13.0. The Hall–Kier alpha value is -3.26. The highest BCUT2D eigenvalue weighted by atomic mass is 16.4. The summed E-state index contributed by atoms with van der Waals surface area (Å²) in [5.41, 5.74) is 16.5. The third-order valence-corrected chi connectivity index (χ3v) is 4.95. The Balaban J connectivity index is 5.59. The smallest absolute Gasteiger partial charge is 0.326 e. The first-order chi connectivity index (χ1) is 16.3. The molecule has 0 spiro atoms. The van der Waals surface area contributed by atoms with Crippen molar-refractivity contribution < 1.29 is 39.0 Å². The first kappa shape index (κ1) is 31.7. The largest absolute Gasteiger partial charge is 0.481 e. The van der Waals surface area contributed by atoms with Gasteiger partial charge in [0.1, 0.15) is 18.1 Å². The minimum Gasteiger partial charge on any atom is -0.481 e. The lowest BCUT2D eigenvalue weighted by Gasteiger charge is -2.25. The quantitative estimate of drug-likeness (QED) is 0.0935. The van der Waals surface area contributed by atoms with Crippen molar-refractivity contribution in [1.29, 1.82) is 0 Å². The molecule has 0 fully saturated rings. The molecule has 0 saturated heterocycles. The van der Waals surface area contributed by atoms with E-state index >= 15 is 0 Å². The van der Waals surface area contributed by atoms with Crippen molar-refractivity contribution >= 4 is 35.6 Å². The average Bonchev–Trinajstić information content (AvgIpc) is 2.74. The van der Waals surface area contributed by atoms with Crippen LogP contribution in [0.25, 0.3) is 0 Å². The molecule has 4 unspecified atom stereocenters. The molecular weight excluding hydrogens is 464 g/mol. The molecule has 0 saturated carbocycles. The van der Waals surface area contributed by atoms with E-state index in [0.717, 1.165) is 0 Å². The summed E-state index contributed by atoms with van der Waals surface area (Å²) < 4.78 is 0. The summed E-state index contributed by atoms with van der Waals surface area (Å²) in [6.07, 6.45) is 0.117. The lowest BCUT2D eigenvalue weighted by Crippen LogP contribution is -2.57. The second-order valence-corrected chi connectivity index (χ2v) is 8.65. The minimum atomic E-state index is -1.76. The molecule has 0 aliphatic heterocycles. The van der Waals surface area contributed by atoms with E-state index in [9.17, 15) is 28.8 Å². The van der Waals surface area contributed by atoms with Crippen LogP contribution in [0.2, 0.25) is 0 Å². The van der Waals surface area contributed by atoms with Gasteiger partial charge in [-0.05, 0) is 44.6 Å². The Morgan fingerprint density at radius 2 is 1.31 bits per heavy atom. The molecule has 0 aromatic rings. The van der Waals surface area contributed by atoms with Gasteiger partial charge in [-0.25, -0.2) is 4.79 Å². The second kappa shape index (κ2) is 16.4. The molecule has 0 aromatic carbocycles. The van der Waals surface area contributed by atoms with E-state index in [1.165, 1.54) is 0 Å². The van der Waals surface area contributed by atoms with Crippen LogP contribution in [-0.4, -0.2) is 76.5 Å². The molecule has 11 N–H and O–H groups in total. The number of carboxylic acid groups (broad SMARTS) is 2. The molecule has 200 valence electrons. The molecule has 0 heterocycles. The maximum Gasteiger partial charge on any atom is 0.326 e. The minimum absolute atomic E-state index is 0.134. The van der Waals surface area contributed by atoms with Crippen molar-refractivity contribution in [1.82, 2.24) is 16.0 Å². The normalized spacial score (nSPS) is 14.3. The van der Waals surface area contributed by atoms with E-state index in [1.54, 1.807) is 0 Å². The predicted molar refractivity (Wildman–Crippen MR) is 124 cm³/mol. The third kappa shape index (κ3) is 13.9. The van der Waals surface area contributed by atoms with Crippen molar-refractivity contribution in [3.8, 4) is 0 Å². The fraction of sp³-hybridized carbons (Fsp3) is 0.714. The van der Waals surface area contributed by atoms with Crippen LogP contribution in [0, 0.1) is 5.92 Å². The number of rotatable bonds is 18. The van der Waals surface area contributed by atoms with E-state index in [0.29, 0.717) is 25.8 Å². The molecule has 14 heteroatoms. The third-order valence-electron chi connectivity index (χ3n) is 4.95. The monoisotopic (exact) mass is 502 g/mol. The van der Waals surface area contributed by atoms with Crippen molar-refractivity contribution in [2.75, 3.05) is 6.54 Å². The van der Waals surface area contributed by atoms with Crippen LogP contribution in [0.3, 0.4) is 0 Å². The lowest BCUT2D eigenvalue weighted by molar-refractivity contribution is -0.147. The van der Waals surface area contributed by atoms with Gasteiger partial charge in [-0.3, -0.25) is 24.0 Å². The molecule has 0 bridgehead atoms. The number of carboxylic acids is 2. The van der Waals surface area contributed by atoms with Crippen molar-refractivity contribution in [3.05, 3.63) is 0 Å². The molecule has 0 aliphatic carbocycles. The van der Waals surface area contributed by atoms with Crippen LogP contribution >= 0.6 is 0 Å². The Morgan fingerprint density at radius 3 is 1.77 bits per heavy atom. The number of carbonyl (C=O) groups excluding carboxylic acids is 4. The van der Waals surface area contributed by atoms with Crippen molar-refractivity contribution in [2.24, 2.45) is 23.1 Å². The number of carbonyl (C=O) groups is 6. The molecule has 4 atom stereocenters. The average molecular weight is 503 g/mol. The van der Waals surface area contributed by atoms with Gasteiger partial charge in [-0.15, -0.1) is 0 Å². The van der Waals surface area contributed by atoms with Gasteiger partial charge in [-0.1, -0.05) is 13.8 Å². The van der Waals surface area contributed by atoms with Crippen LogP contribution < -0.4 is 33.2 Å². The summed E-state index contributed by atoms with van der Waals surface area (Å²) in [6, 6.07) is -5.11. The van der Waals surface area contributed by atoms with Gasteiger partial charge in [0, 0.05) is 6.42 Å². The standard InChI is InChI=1S/C21H38N6O8/c1-11(2)9-12(23)18(31)25-13(5-3-4-8-22)19(32)26-14(6-7-16(24)28)20(33)27-15(21(34)35)10-17(29)30/h11-15H,3-10,22-23H2,1-2H3,(H2,24,28)(H,25,31)(H,26,32)(H,27,33)(H,29,30)(H,34,35). The number of nitrogens with one attached hydrogen (secondary N) is 3. The number of nitrogens with two attached hydrogens (primary N) is 3. The van der Waals surface area contributed by atoms with E-state index in [1.807, 2.05) is 19.2 Å². The molecule has 0 rings (SSSR count). The van der Waals surface area contributed by atoms with Crippen molar-refractivity contribution in [3.63, 3.8) is 0 Å². The zero-order chi connectivity index (χ0) is 27.1. The first-order valence-electron chi connectivity index (χ1n) is 11.4. The topological polar surface area (TPSA) is 257 Å². The number of hydrogen-bond acceptors (Lipinski definition) is 8. The van der Waals surface area contributed by atoms with Gasteiger partial charge in [0.15, 0.2) is 0 Å². The SMILES string of the molecule is CC(C)CC(N)C(=O)NC(CCCCN)C(=O)NC(CCC(N)=O)C(=O)NC(CC(=O)O)C(=O)O. The summed E-state index contributed by atoms with van der Waals surface area (Å²) in [5, 5.41) is 25.0. The Bertz CT molecular complexity index is 760. The molecule has 4 amide bonds. The first-order valence-corrected chi connectivity index (χ1v) is 11.4. The molecule has 0 aliphatic rings. The summed E-state index contributed by atoms with van der Waals surface area (Å²) in [4.78, 5) is 71.5. The van der Waals surface area contributed by atoms with Gasteiger partial charge in [0.2, 0.25) is 23.6 Å². The Morgan fingerprint density at radius 1 is 0.800 bits per heavy atom. The fourth-order valence-electron chi connectivity index (χ4n) is 3.13. The van der Waals surface area contributed by atoms with Gasteiger partial charge < -0.3 is 43.4 Å². The Labute approximate surface area is 203 Å². The van der Waals surface area contributed by atoms with Crippen LogP contribution in [0.15, 0.2) is 0 Å². The number of aliphatic carboxylic acids is 2. The number of primary amides is 1. The summed E-state index contributed by atoms with van der Waals surface area (Å²) in [5.74, 6) is -6.03. The van der Waals surface area contributed by atoms with Crippen LogP contribution in [0.4, 0.5) is 0 Å². The summed E-state index contributed by atoms with van der Waals surface area (Å²) in [7, 11) is 0. The molecule has 0 radical (unpaired) electrons. The zero-order valence-electron chi connectivity index (χ0n) is 20.1. The van der Waals surface area contributed by atoms with Gasteiger partial charge in [0.05, 0.1) is 12.5 Å². The van der Waals surface area contributed by atoms with Gasteiger partial charge in [0.25, 0.3) is 0 Å². The zero-order valence-corrected chi connectivity index (χ0v) is 20.1. The molecular formula is C21H38N6O8.